The first-order valence-electron chi connectivity index (χ1n) is 6.91. The summed E-state index contributed by atoms with van der Waals surface area (Å²) in [5, 5.41) is 0. The van der Waals surface area contributed by atoms with E-state index in [-0.39, 0.29) is 17.9 Å². The quantitative estimate of drug-likeness (QED) is 0.680. The lowest BCUT2D eigenvalue weighted by Crippen LogP contribution is -2.54. The van der Waals surface area contributed by atoms with Crippen molar-refractivity contribution in [3.8, 4) is 0 Å². The van der Waals surface area contributed by atoms with Gasteiger partial charge in [-0.3, -0.25) is 4.79 Å². The van der Waals surface area contributed by atoms with E-state index in [9.17, 15) is 4.79 Å². The van der Waals surface area contributed by atoms with Crippen molar-refractivity contribution < 1.29 is 14.3 Å². The third kappa shape index (κ3) is 3.02. The number of carbonyl (C=O) groups is 1. The van der Waals surface area contributed by atoms with Crippen LogP contribution in [0.25, 0.3) is 0 Å². The Bertz CT molecular complexity index is 292. The summed E-state index contributed by atoms with van der Waals surface area (Å²) in [5.74, 6) is -0.205. The second-order valence-electron chi connectivity index (χ2n) is 5.49. The van der Waals surface area contributed by atoms with Gasteiger partial charge in [0.25, 0.3) is 0 Å². The van der Waals surface area contributed by atoms with Crippen molar-refractivity contribution in [2.45, 2.75) is 50.2 Å². The minimum absolute atomic E-state index is 0.166. The first kappa shape index (κ1) is 13.8. The summed E-state index contributed by atoms with van der Waals surface area (Å²) in [6, 6.07) is 0. The Morgan fingerprint density at radius 2 is 2.22 bits per heavy atom. The molecule has 2 aliphatic rings. The van der Waals surface area contributed by atoms with Crippen LogP contribution in [-0.4, -0.2) is 37.4 Å². The van der Waals surface area contributed by atoms with Crippen LogP contribution in [0.15, 0.2) is 0 Å². The van der Waals surface area contributed by atoms with E-state index >= 15 is 0 Å². The van der Waals surface area contributed by atoms with E-state index in [0.29, 0.717) is 19.6 Å². The van der Waals surface area contributed by atoms with Gasteiger partial charge in [0, 0.05) is 13.2 Å². The van der Waals surface area contributed by atoms with Gasteiger partial charge in [0.2, 0.25) is 5.91 Å². The molecule has 1 saturated heterocycles. The molecule has 0 aromatic heterocycles. The molecule has 18 heavy (non-hydrogen) atoms. The van der Waals surface area contributed by atoms with Crippen LogP contribution in [0.3, 0.4) is 0 Å². The van der Waals surface area contributed by atoms with Gasteiger partial charge in [-0.05, 0) is 38.0 Å². The summed E-state index contributed by atoms with van der Waals surface area (Å²) in [6.45, 7) is 2.14. The average Bonchev–Trinajstić information content (AvgIpc) is 2.95. The monoisotopic (exact) mass is 256 g/mol. The van der Waals surface area contributed by atoms with Gasteiger partial charge in [-0.25, -0.2) is 0 Å². The molecular formula is C13H24N2O3. The van der Waals surface area contributed by atoms with Gasteiger partial charge in [-0.2, -0.15) is 0 Å². The van der Waals surface area contributed by atoms with Crippen molar-refractivity contribution in [1.29, 1.82) is 0 Å². The van der Waals surface area contributed by atoms with Crippen molar-refractivity contribution in [3.63, 3.8) is 0 Å². The van der Waals surface area contributed by atoms with E-state index in [0.717, 1.165) is 38.7 Å². The molecule has 104 valence electrons. The van der Waals surface area contributed by atoms with Crippen molar-refractivity contribution in [2.75, 3.05) is 19.8 Å². The molecule has 4 N–H and O–H groups in total. The molecule has 0 radical (unpaired) electrons. The largest absolute Gasteiger partial charge is 0.379 e. The van der Waals surface area contributed by atoms with Crippen LogP contribution in [0.5, 0.6) is 0 Å². The van der Waals surface area contributed by atoms with E-state index in [1.165, 1.54) is 0 Å². The molecular weight excluding hydrogens is 232 g/mol. The molecule has 0 spiro atoms. The second-order valence-corrected chi connectivity index (χ2v) is 5.49. The average molecular weight is 256 g/mol. The fourth-order valence-electron chi connectivity index (χ4n) is 3.05. The predicted octanol–water partition coefficient (Wildman–Crippen LogP) is 0.555. The molecule has 1 heterocycles. The van der Waals surface area contributed by atoms with E-state index in [2.05, 4.69) is 0 Å². The number of hydrogen-bond acceptors (Lipinski definition) is 4. The topological polar surface area (TPSA) is 87.6 Å². The van der Waals surface area contributed by atoms with Gasteiger partial charge >= 0.3 is 0 Å². The maximum absolute atomic E-state index is 11.4. The molecule has 0 aromatic rings. The maximum Gasteiger partial charge on any atom is 0.237 e. The fraction of sp³-hybridized carbons (Fsp3) is 0.923. The van der Waals surface area contributed by atoms with E-state index in [1.807, 2.05) is 0 Å². The Kier molecular flexibility index (Phi) is 4.59. The molecule has 1 saturated carbocycles. The number of hydrogen-bond donors (Lipinski definition) is 2. The van der Waals surface area contributed by atoms with E-state index in [4.69, 9.17) is 20.9 Å². The van der Waals surface area contributed by atoms with Gasteiger partial charge in [0.1, 0.15) is 0 Å². The van der Waals surface area contributed by atoms with Gasteiger partial charge in [0.05, 0.1) is 18.2 Å². The highest BCUT2D eigenvalue weighted by atomic mass is 16.5. The summed E-state index contributed by atoms with van der Waals surface area (Å²) < 4.78 is 11.1. The summed E-state index contributed by atoms with van der Waals surface area (Å²) >= 11 is 0. The molecule has 1 aliphatic heterocycles. The number of amides is 1. The Hall–Kier alpha value is -0.650. The zero-order valence-electron chi connectivity index (χ0n) is 10.9. The van der Waals surface area contributed by atoms with Gasteiger partial charge < -0.3 is 20.9 Å². The van der Waals surface area contributed by atoms with Gasteiger partial charge in [-0.1, -0.05) is 6.42 Å². The van der Waals surface area contributed by atoms with Crippen LogP contribution in [0.4, 0.5) is 0 Å². The number of nitrogens with two attached hydrogens (primary N) is 2. The SMILES string of the molecule is NC(=O)C1(N)CCCC1CCOCC1CCCO1. The highest BCUT2D eigenvalue weighted by Gasteiger charge is 2.43. The fourth-order valence-corrected chi connectivity index (χ4v) is 3.05. The molecule has 2 rings (SSSR count). The van der Waals surface area contributed by atoms with Crippen molar-refractivity contribution in [2.24, 2.45) is 17.4 Å². The lowest BCUT2D eigenvalue weighted by atomic mass is 9.85. The van der Waals surface area contributed by atoms with Crippen LogP contribution >= 0.6 is 0 Å². The molecule has 0 bridgehead atoms. The van der Waals surface area contributed by atoms with Crippen LogP contribution in [0.1, 0.15) is 38.5 Å². The summed E-state index contributed by atoms with van der Waals surface area (Å²) in [7, 11) is 0. The summed E-state index contributed by atoms with van der Waals surface area (Å²) in [6.07, 6.45) is 5.95. The minimum Gasteiger partial charge on any atom is -0.379 e. The molecule has 2 fully saturated rings. The van der Waals surface area contributed by atoms with Gasteiger partial charge in [0.15, 0.2) is 0 Å². The van der Waals surface area contributed by atoms with E-state index in [1.54, 1.807) is 0 Å². The molecule has 5 nitrogen and oxygen atoms in total. The maximum atomic E-state index is 11.4. The Morgan fingerprint density at radius 3 is 2.89 bits per heavy atom. The zero-order valence-corrected chi connectivity index (χ0v) is 10.9. The minimum atomic E-state index is -0.812. The number of ether oxygens (including phenoxy) is 2. The first-order chi connectivity index (χ1) is 8.63. The molecule has 3 atom stereocenters. The van der Waals surface area contributed by atoms with Crippen LogP contribution in [0.2, 0.25) is 0 Å². The normalized spacial score (nSPS) is 36.1. The highest BCUT2D eigenvalue weighted by Crippen LogP contribution is 2.35. The van der Waals surface area contributed by atoms with Crippen molar-refractivity contribution >= 4 is 5.91 Å². The van der Waals surface area contributed by atoms with Gasteiger partial charge in [-0.15, -0.1) is 0 Å². The molecule has 1 aliphatic carbocycles. The highest BCUT2D eigenvalue weighted by molar-refractivity contribution is 5.85. The first-order valence-corrected chi connectivity index (χ1v) is 6.91. The summed E-state index contributed by atoms with van der Waals surface area (Å²) in [4.78, 5) is 11.4. The second kappa shape index (κ2) is 5.99. The standard InChI is InChI=1S/C13H24N2O3/c14-12(16)13(15)6-1-3-10(13)5-8-17-9-11-4-2-7-18-11/h10-11H,1-9,15H2,(H2,14,16). The number of carbonyl (C=O) groups excluding carboxylic acids is 1. The Labute approximate surface area is 108 Å². The lowest BCUT2D eigenvalue weighted by molar-refractivity contribution is -0.124. The zero-order chi connectivity index (χ0) is 13.0. The summed E-state index contributed by atoms with van der Waals surface area (Å²) in [5.41, 5.74) is 10.7. The molecule has 5 heteroatoms. The predicted molar refractivity (Wildman–Crippen MR) is 67.9 cm³/mol. The Balaban J connectivity index is 1.67. The smallest absolute Gasteiger partial charge is 0.237 e. The molecule has 1 amide bonds. The van der Waals surface area contributed by atoms with Crippen LogP contribution in [-0.2, 0) is 14.3 Å². The van der Waals surface area contributed by atoms with Crippen LogP contribution in [0, 0.1) is 5.92 Å². The Morgan fingerprint density at radius 1 is 1.39 bits per heavy atom. The van der Waals surface area contributed by atoms with E-state index < -0.39 is 5.54 Å². The van der Waals surface area contributed by atoms with Crippen molar-refractivity contribution in [3.05, 3.63) is 0 Å². The molecule has 3 unspecified atom stereocenters. The third-order valence-electron chi connectivity index (χ3n) is 4.27. The lowest BCUT2D eigenvalue weighted by Gasteiger charge is -2.28. The van der Waals surface area contributed by atoms with Crippen LogP contribution < -0.4 is 11.5 Å². The van der Waals surface area contributed by atoms with Crippen molar-refractivity contribution in [1.82, 2.24) is 0 Å². The molecule has 0 aromatic carbocycles. The number of primary amides is 1. The number of rotatable bonds is 6. The third-order valence-corrected chi connectivity index (χ3v) is 4.27.